The fourth-order valence-corrected chi connectivity index (χ4v) is 0.235. The van der Waals surface area contributed by atoms with E-state index < -0.39 is 0 Å². The van der Waals surface area contributed by atoms with Gasteiger partial charge in [-0.05, 0) is 6.08 Å². The maximum absolute atomic E-state index is 5.01. The number of nitrogens with two attached hydrogens (primary N) is 1. The molecule has 0 aromatic rings. The summed E-state index contributed by atoms with van der Waals surface area (Å²) in [5, 5.41) is 2.78. The highest BCUT2D eigenvalue weighted by atomic mass is 14.8. The van der Waals surface area contributed by atoms with Crippen LogP contribution in [0, 0.1) is 0 Å². The van der Waals surface area contributed by atoms with Crippen molar-refractivity contribution in [1.29, 1.82) is 0 Å². The van der Waals surface area contributed by atoms with E-state index in [0.717, 1.165) is 0 Å². The Hall–Kier alpha value is -1.18. The van der Waals surface area contributed by atoms with E-state index in [1.54, 1.807) is 24.6 Å². The van der Waals surface area contributed by atoms with Gasteiger partial charge in [-0.1, -0.05) is 12.7 Å². The lowest BCUT2D eigenvalue weighted by Gasteiger charge is -1.82. The molecule has 0 aliphatic heterocycles. The first-order valence-corrected chi connectivity index (χ1v) is 2.32. The van der Waals surface area contributed by atoms with Crippen LogP contribution in [0.25, 0.3) is 0 Å². The highest BCUT2D eigenvalue weighted by Gasteiger charge is 1.57. The minimum Gasteiger partial charge on any atom is -0.403 e. The average Bonchev–Trinajstić information content (AvgIpc) is 1.81. The van der Waals surface area contributed by atoms with Crippen LogP contribution in [0.15, 0.2) is 37.3 Å². The summed E-state index contributed by atoms with van der Waals surface area (Å²) < 4.78 is 0. The Morgan fingerprint density at radius 2 is 2.12 bits per heavy atom. The Bertz CT molecular complexity index is 103. The van der Waals surface area contributed by atoms with E-state index in [-0.39, 0.29) is 0 Å². The maximum Gasteiger partial charge on any atom is 0.0162 e. The van der Waals surface area contributed by atoms with E-state index in [1.165, 1.54) is 6.20 Å². The molecule has 0 aliphatic rings. The SMILES string of the molecule is C=CC=CNC=CN. The highest BCUT2D eigenvalue weighted by molar-refractivity contribution is 4.97. The van der Waals surface area contributed by atoms with Crippen molar-refractivity contribution in [1.82, 2.24) is 5.32 Å². The second-order valence-corrected chi connectivity index (χ2v) is 1.12. The molecular weight excluding hydrogens is 100 g/mol. The van der Waals surface area contributed by atoms with Crippen LogP contribution in [0.5, 0.6) is 0 Å². The van der Waals surface area contributed by atoms with Crippen molar-refractivity contribution in [2.24, 2.45) is 5.73 Å². The Balaban J connectivity index is 3.15. The van der Waals surface area contributed by atoms with Crippen molar-refractivity contribution in [3.05, 3.63) is 37.3 Å². The van der Waals surface area contributed by atoms with Crippen LogP contribution in [-0.4, -0.2) is 0 Å². The van der Waals surface area contributed by atoms with Crippen LogP contribution >= 0.6 is 0 Å². The molecule has 0 spiro atoms. The monoisotopic (exact) mass is 110 g/mol. The zero-order valence-corrected chi connectivity index (χ0v) is 4.67. The molecule has 0 saturated carbocycles. The first-order chi connectivity index (χ1) is 3.91. The third-order valence-corrected chi connectivity index (χ3v) is 0.521. The summed E-state index contributed by atoms with van der Waals surface area (Å²) in [6, 6.07) is 0. The van der Waals surface area contributed by atoms with Gasteiger partial charge in [-0.15, -0.1) is 0 Å². The quantitative estimate of drug-likeness (QED) is 0.525. The standard InChI is InChI=1S/C6H10N2/c1-2-3-5-8-6-4-7/h2-6,8H,1,7H2. The molecule has 0 amide bonds. The molecule has 8 heavy (non-hydrogen) atoms. The lowest BCUT2D eigenvalue weighted by Crippen LogP contribution is -1.92. The maximum atomic E-state index is 5.01. The molecule has 0 radical (unpaired) electrons. The topological polar surface area (TPSA) is 38.0 Å². The van der Waals surface area contributed by atoms with E-state index in [9.17, 15) is 0 Å². The third-order valence-electron chi connectivity index (χ3n) is 0.521. The van der Waals surface area contributed by atoms with E-state index >= 15 is 0 Å². The summed E-state index contributed by atoms with van der Waals surface area (Å²) in [5.41, 5.74) is 5.01. The van der Waals surface area contributed by atoms with Crippen LogP contribution < -0.4 is 11.1 Å². The first-order valence-electron chi connectivity index (χ1n) is 2.32. The first kappa shape index (κ1) is 6.82. The fraction of sp³-hybridized carbons (Fsp3) is 0. The number of nitrogens with one attached hydrogen (secondary N) is 1. The zero-order valence-electron chi connectivity index (χ0n) is 4.67. The van der Waals surface area contributed by atoms with Gasteiger partial charge in [-0.25, -0.2) is 0 Å². The van der Waals surface area contributed by atoms with E-state index in [1.807, 2.05) is 0 Å². The van der Waals surface area contributed by atoms with Crippen LogP contribution in [0.3, 0.4) is 0 Å². The summed E-state index contributed by atoms with van der Waals surface area (Å²) in [7, 11) is 0. The largest absolute Gasteiger partial charge is 0.403 e. The molecule has 0 saturated heterocycles. The molecule has 0 fully saturated rings. The van der Waals surface area contributed by atoms with Crippen molar-refractivity contribution >= 4 is 0 Å². The second kappa shape index (κ2) is 5.82. The van der Waals surface area contributed by atoms with Gasteiger partial charge in [0.2, 0.25) is 0 Å². The molecule has 0 bridgehead atoms. The summed E-state index contributed by atoms with van der Waals surface area (Å²) in [4.78, 5) is 0. The average molecular weight is 110 g/mol. The third kappa shape index (κ3) is 4.82. The van der Waals surface area contributed by atoms with Crippen LogP contribution in [0.4, 0.5) is 0 Å². The van der Waals surface area contributed by atoms with Gasteiger partial charge in [0, 0.05) is 18.6 Å². The van der Waals surface area contributed by atoms with E-state index in [4.69, 9.17) is 5.73 Å². The van der Waals surface area contributed by atoms with Gasteiger partial charge in [-0.2, -0.15) is 0 Å². The van der Waals surface area contributed by atoms with Gasteiger partial charge in [0.25, 0.3) is 0 Å². The smallest absolute Gasteiger partial charge is 0.0162 e. The van der Waals surface area contributed by atoms with Crippen molar-refractivity contribution in [3.63, 3.8) is 0 Å². The summed E-state index contributed by atoms with van der Waals surface area (Å²) in [6.07, 6.45) is 8.24. The molecular formula is C6H10N2. The Morgan fingerprint density at radius 3 is 2.62 bits per heavy atom. The summed E-state index contributed by atoms with van der Waals surface area (Å²) >= 11 is 0. The predicted molar refractivity (Wildman–Crippen MR) is 35.8 cm³/mol. The number of hydrogen-bond donors (Lipinski definition) is 2. The van der Waals surface area contributed by atoms with Crippen molar-refractivity contribution in [3.8, 4) is 0 Å². The molecule has 0 rings (SSSR count). The molecule has 0 heterocycles. The predicted octanol–water partition coefficient (Wildman–Crippen LogP) is 0.706. The highest BCUT2D eigenvalue weighted by Crippen LogP contribution is 1.66. The zero-order chi connectivity index (χ0) is 6.24. The molecule has 2 nitrogen and oxygen atoms in total. The van der Waals surface area contributed by atoms with E-state index in [2.05, 4.69) is 11.9 Å². The van der Waals surface area contributed by atoms with Gasteiger partial charge in [0.05, 0.1) is 0 Å². The van der Waals surface area contributed by atoms with Gasteiger partial charge in [0.1, 0.15) is 0 Å². The second-order valence-electron chi connectivity index (χ2n) is 1.12. The molecule has 3 N–H and O–H groups in total. The van der Waals surface area contributed by atoms with Crippen LogP contribution in [0.2, 0.25) is 0 Å². The summed E-state index contributed by atoms with van der Waals surface area (Å²) in [5.74, 6) is 0. The minimum atomic E-state index is 1.42. The lowest BCUT2D eigenvalue weighted by molar-refractivity contribution is 1.18. The number of allylic oxidation sites excluding steroid dienone is 2. The number of rotatable bonds is 3. The fourth-order valence-electron chi connectivity index (χ4n) is 0.235. The Kier molecular flexibility index (Phi) is 4.96. The van der Waals surface area contributed by atoms with Crippen LogP contribution in [-0.2, 0) is 0 Å². The normalized spacial score (nSPS) is 10.5. The van der Waals surface area contributed by atoms with Crippen LogP contribution in [0.1, 0.15) is 0 Å². The van der Waals surface area contributed by atoms with Crippen molar-refractivity contribution in [2.75, 3.05) is 0 Å². The molecule has 0 atom stereocenters. The lowest BCUT2D eigenvalue weighted by atomic mass is 10.6. The van der Waals surface area contributed by atoms with Crippen molar-refractivity contribution < 1.29 is 0 Å². The van der Waals surface area contributed by atoms with Gasteiger partial charge in [-0.3, -0.25) is 0 Å². The molecule has 0 aliphatic carbocycles. The van der Waals surface area contributed by atoms with Gasteiger partial charge in [0.15, 0.2) is 0 Å². The number of hydrogen-bond acceptors (Lipinski definition) is 2. The van der Waals surface area contributed by atoms with E-state index in [0.29, 0.717) is 0 Å². The molecule has 0 unspecified atom stereocenters. The summed E-state index contributed by atoms with van der Waals surface area (Å²) in [6.45, 7) is 3.48. The van der Waals surface area contributed by atoms with Gasteiger partial charge >= 0.3 is 0 Å². The Labute approximate surface area is 49.4 Å². The molecule has 44 valence electrons. The Morgan fingerprint density at radius 1 is 1.38 bits per heavy atom. The molecule has 2 heteroatoms. The van der Waals surface area contributed by atoms with Crippen molar-refractivity contribution in [2.45, 2.75) is 0 Å². The van der Waals surface area contributed by atoms with Gasteiger partial charge < -0.3 is 11.1 Å². The molecule has 0 aromatic carbocycles. The molecule has 0 aromatic heterocycles. The minimum absolute atomic E-state index is 1.42.